The van der Waals surface area contributed by atoms with Gasteiger partial charge in [-0.05, 0) is 25.1 Å². The lowest BCUT2D eigenvalue weighted by Crippen LogP contribution is -1.71. The van der Waals surface area contributed by atoms with Gasteiger partial charge in [-0.1, -0.05) is 27.9 Å². The van der Waals surface area contributed by atoms with E-state index in [9.17, 15) is 0 Å². The van der Waals surface area contributed by atoms with Crippen LogP contribution in [0.4, 0.5) is 0 Å². The molecule has 0 unspecified atom stereocenters. The molecule has 1 rings (SSSR count). The maximum absolute atomic E-state index is 3.36. The molecule has 0 heterocycles. The third-order valence-corrected chi connectivity index (χ3v) is 1.59. The lowest BCUT2D eigenvalue weighted by Gasteiger charge is -1.89. The highest BCUT2D eigenvalue weighted by atomic mass is 79.9. The van der Waals surface area contributed by atoms with Crippen LogP contribution in [0.1, 0.15) is 12.5 Å². The minimum absolute atomic E-state index is 1.05. The van der Waals surface area contributed by atoms with Gasteiger partial charge in [-0.3, -0.25) is 0 Å². The Morgan fingerprint density at radius 1 is 1.40 bits per heavy atom. The zero-order chi connectivity index (χ0) is 7.40. The van der Waals surface area contributed by atoms with Gasteiger partial charge in [0.2, 0.25) is 0 Å². The van der Waals surface area contributed by atoms with Gasteiger partial charge in [0, 0.05) is 10.0 Å². The molecular formula is C9H7Br. The Kier molecular flexibility index (Phi) is 2.53. The van der Waals surface area contributed by atoms with Gasteiger partial charge in [-0.25, -0.2) is 0 Å². The van der Waals surface area contributed by atoms with E-state index >= 15 is 0 Å². The minimum Gasteiger partial charge on any atom is -0.101 e. The minimum atomic E-state index is 1.05. The first-order chi connectivity index (χ1) is 4.83. The van der Waals surface area contributed by atoms with Crippen LogP contribution in [0.5, 0.6) is 0 Å². The van der Waals surface area contributed by atoms with Crippen LogP contribution in [-0.2, 0) is 0 Å². The molecule has 10 heavy (non-hydrogen) atoms. The zero-order valence-corrected chi connectivity index (χ0v) is 7.27. The van der Waals surface area contributed by atoms with Crippen molar-refractivity contribution >= 4 is 15.9 Å². The summed E-state index contributed by atoms with van der Waals surface area (Å²) >= 11 is 3.36. The van der Waals surface area contributed by atoms with Crippen LogP contribution in [0.3, 0.4) is 0 Å². The topological polar surface area (TPSA) is 0 Å². The van der Waals surface area contributed by atoms with Crippen molar-refractivity contribution in [1.29, 1.82) is 0 Å². The highest BCUT2D eigenvalue weighted by Gasteiger charge is 1.85. The summed E-state index contributed by atoms with van der Waals surface area (Å²) in [4.78, 5) is 0. The molecule has 1 heteroatoms. The molecule has 0 aliphatic rings. The Morgan fingerprint density at radius 3 is 2.80 bits per heavy atom. The SMILES string of the molecule is CC#Cc1cccc(Br)c1. The molecule has 0 aromatic heterocycles. The standard InChI is InChI=1S/C9H7Br/c1-2-4-8-5-3-6-9(10)7-8/h3,5-7H,1H3. The van der Waals surface area contributed by atoms with Gasteiger partial charge in [0.05, 0.1) is 0 Å². The first kappa shape index (κ1) is 7.37. The molecule has 1 aromatic carbocycles. The molecule has 0 aliphatic heterocycles. The quantitative estimate of drug-likeness (QED) is 0.558. The molecule has 0 N–H and O–H groups in total. The number of hydrogen-bond donors (Lipinski definition) is 0. The van der Waals surface area contributed by atoms with Crippen LogP contribution in [0.15, 0.2) is 28.7 Å². The molecule has 0 spiro atoms. The maximum Gasteiger partial charge on any atom is 0.0256 e. The monoisotopic (exact) mass is 194 g/mol. The van der Waals surface area contributed by atoms with Crippen molar-refractivity contribution in [3.8, 4) is 11.8 Å². The number of rotatable bonds is 0. The van der Waals surface area contributed by atoms with E-state index in [0.29, 0.717) is 0 Å². The van der Waals surface area contributed by atoms with Crippen LogP contribution in [0.2, 0.25) is 0 Å². The number of halogens is 1. The molecule has 0 amide bonds. The Labute approximate surface area is 69.4 Å². The van der Waals surface area contributed by atoms with E-state index < -0.39 is 0 Å². The van der Waals surface area contributed by atoms with Crippen LogP contribution in [-0.4, -0.2) is 0 Å². The highest BCUT2D eigenvalue weighted by Crippen LogP contribution is 2.10. The van der Waals surface area contributed by atoms with Gasteiger partial charge in [0.25, 0.3) is 0 Å². The van der Waals surface area contributed by atoms with Crippen LogP contribution < -0.4 is 0 Å². The average molecular weight is 195 g/mol. The highest BCUT2D eigenvalue weighted by molar-refractivity contribution is 9.10. The summed E-state index contributed by atoms with van der Waals surface area (Å²) in [5.74, 6) is 5.81. The third-order valence-electron chi connectivity index (χ3n) is 1.09. The summed E-state index contributed by atoms with van der Waals surface area (Å²) in [6.45, 7) is 1.83. The van der Waals surface area contributed by atoms with Gasteiger partial charge in [0.15, 0.2) is 0 Å². The number of benzene rings is 1. The first-order valence-electron chi connectivity index (χ1n) is 3.01. The van der Waals surface area contributed by atoms with Gasteiger partial charge >= 0.3 is 0 Å². The van der Waals surface area contributed by atoms with E-state index in [0.717, 1.165) is 10.0 Å². The van der Waals surface area contributed by atoms with Crippen molar-refractivity contribution in [2.24, 2.45) is 0 Å². The van der Waals surface area contributed by atoms with Crippen molar-refractivity contribution in [2.75, 3.05) is 0 Å². The predicted molar refractivity (Wildman–Crippen MR) is 46.7 cm³/mol. The smallest absolute Gasteiger partial charge is 0.0256 e. The Balaban J connectivity index is 3.03. The Hall–Kier alpha value is -0.740. The molecule has 50 valence electrons. The fraction of sp³-hybridized carbons (Fsp3) is 0.111. The van der Waals surface area contributed by atoms with Crippen molar-refractivity contribution in [3.05, 3.63) is 34.3 Å². The van der Waals surface area contributed by atoms with E-state index in [4.69, 9.17) is 0 Å². The lowest BCUT2D eigenvalue weighted by molar-refractivity contribution is 1.60. The molecule has 1 aromatic rings. The predicted octanol–water partition coefficient (Wildman–Crippen LogP) is 2.82. The Morgan fingerprint density at radius 2 is 2.20 bits per heavy atom. The first-order valence-corrected chi connectivity index (χ1v) is 3.80. The van der Waals surface area contributed by atoms with Crippen LogP contribution in [0.25, 0.3) is 0 Å². The lowest BCUT2D eigenvalue weighted by atomic mass is 10.2. The summed E-state index contributed by atoms with van der Waals surface area (Å²) in [7, 11) is 0. The van der Waals surface area contributed by atoms with Crippen molar-refractivity contribution in [2.45, 2.75) is 6.92 Å². The molecule has 0 aliphatic carbocycles. The summed E-state index contributed by atoms with van der Waals surface area (Å²) in [5, 5.41) is 0. The van der Waals surface area contributed by atoms with E-state index in [2.05, 4.69) is 27.8 Å². The van der Waals surface area contributed by atoms with Gasteiger partial charge in [-0.2, -0.15) is 0 Å². The molecule has 0 radical (unpaired) electrons. The summed E-state index contributed by atoms with van der Waals surface area (Å²) < 4.78 is 1.08. The van der Waals surface area contributed by atoms with E-state index in [-0.39, 0.29) is 0 Å². The summed E-state index contributed by atoms with van der Waals surface area (Å²) in [5.41, 5.74) is 1.05. The van der Waals surface area contributed by atoms with Crippen LogP contribution >= 0.6 is 15.9 Å². The summed E-state index contributed by atoms with van der Waals surface area (Å²) in [6, 6.07) is 7.95. The fourth-order valence-corrected chi connectivity index (χ4v) is 1.11. The second-order valence-corrected chi connectivity index (χ2v) is 2.80. The van der Waals surface area contributed by atoms with Gasteiger partial charge in [-0.15, -0.1) is 5.92 Å². The van der Waals surface area contributed by atoms with Crippen LogP contribution in [0, 0.1) is 11.8 Å². The largest absolute Gasteiger partial charge is 0.101 e. The second-order valence-electron chi connectivity index (χ2n) is 1.89. The van der Waals surface area contributed by atoms with Gasteiger partial charge in [0.1, 0.15) is 0 Å². The molecule has 0 saturated heterocycles. The molecule has 0 nitrogen and oxygen atoms in total. The normalized spacial score (nSPS) is 8.20. The van der Waals surface area contributed by atoms with E-state index in [1.165, 1.54) is 0 Å². The van der Waals surface area contributed by atoms with Gasteiger partial charge < -0.3 is 0 Å². The molecule has 0 bridgehead atoms. The Bertz CT molecular complexity index is 278. The fourth-order valence-electron chi connectivity index (χ4n) is 0.711. The third kappa shape index (κ3) is 1.89. The van der Waals surface area contributed by atoms with E-state index in [1.807, 2.05) is 31.2 Å². The van der Waals surface area contributed by atoms with Crippen molar-refractivity contribution in [3.63, 3.8) is 0 Å². The summed E-state index contributed by atoms with van der Waals surface area (Å²) in [6.07, 6.45) is 0. The molecule has 0 saturated carbocycles. The number of hydrogen-bond acceptors (Lipinski definition) is 0. The zero-order valence-electron chi connectivity index (χ0n) is 5.69. The van der Waals surface area contributed by atoms with Crippen molar-refractivity contribution < 1.29 is 0 Å². The average Bonchev–Trinajstić information content (AvgIpc) is 1.88. The molecule has 0 atom stereocenters. The molecule has 0 fully saturated rings. The second kappa shape index (κ2) is 3.43. The van der Waals surface area contributed by atoms with E-state index in [1.54, 1.807) is 0 Å². The molecular weight excluding hydrogens is 188 g/mol. The van der Waals surface area contributed by atoms with Crippen molar-refractivity contribution in [1.82, 2.24) is 0 Å². The maximum atomic E-state index is 3.36.